The molecular formula is C13H14N4O3S. The van der Waals surface area contributed by atoms with Crippen molar-refractivity contribution < 1.29 is 9.72 Å². The molecule has 1 unspecified atom stereocenters. The summed E-state index contributed by atoms with van der Waals surface area (Å²) in [6.07, 6.45) is 5.10. The van der Waals surface area contributed by atoms with Crippen molar-refractivity contribution in [1.29, 1.82) is 0 Å². The minimum Gasteiger partial charge on any atom is -0.345 e. The van der Waals surface area contributed by atoms with Crippen molar-refractivity contribution in [2.24, 2.45) is 0 Å². The van der Waals surface area contributed by atoms with Gasteiger partial charge in [0.15, 0.2) is 0 Å². The minimum atomic E-state index is -0.554. The summed E-state index contributed by atoms with van der Waals surface area (Å²) in [6.45, 7) is 1.78. The molecule has 110 valence electrons. The highest BCUT2D eigenvalue weighted by Crippen LogP contribution is 2.25. The van der Waals surface area contributed by atoms with Crippen LogP contribution in [0, 0.1) is 10.1 Å². The molecule has 0 spiro atoms. The third kappa shape index (κ3) is 3.40. The Bertz CT molecular complexity index is 657. The monoisotopic (exact) mass is 306 g/mol. The first-order valence-corrected chi connectivity index (χ1v) is 7.37. The van der Waals surface area contributed by atoms with E-state index in [9.17, 15) is 14.9 Å². The number of nitro groups is 1. The fourth-order valence-electron chi connectivity index (χ4n) is 1.84. The van der Waals surface area contributed by atoms with Gasteiger partial charge in [-0.2, -0.15) is 5.10 Å². The highest BCUT2D eigenvalue weighted by Gasteiger charge is 2.22. The molecule has 0 aliphatic heterocycles. The number of aromatic nitrogens is 2. The van der Waals surface area contributed by atoms with Gasteiger partial charge in [0.2, 0.25) is 0 Å². The molecule has 1 aromatic heterocycles. The second-order valence-corrected chi connectivity index (χ2v) is 5.25. The molecule has 2 rings (SSSR count). The number of nitro benzene ring substituents is 1. The molecule has 1 amide bonds. The van der Waals surface area contributed by atoms with Crippen molar-refractivity contribution in [2.45, 2.75) is 17.9 Å². The number of nitrogens with zero attached hydrogens (tertiary/aromatic N) is 2. The van der Waals surface area contributed by atoms with Crippen LogP contribution in [-0.4, -0.2) is 27.3 Å². The first-order chi connectivity index (χ1) is 10.0. The van der Waals surface area contributed by atoms with Crippen molar-refractivity contribution in [2.75, 3.05) is 6.26 Å². The number of aromatic amines is 1. The molecule has 2 N–H and O–H groups in total. The maximum absolute atomic E-state index is 12.3. The molecule has 0 fully saturated rings. The first kappa shape index (κ1) is 15.0. The Hall–Kier alpha value is -2.35. The second kappa shape index (κ2) is 6.40. The van der Waals surface area contributed by atoms with Crippen LogP contribution in [-0.2, 0) is 0 Å². The molecule has 21 heavy (non-hydrogen) atoms. The number of amides is 1. The number of nitrogens with one attached hydrogen (secondary N) is 2. The highest BCUT2D eigenvalue weighted by molar-refractivity contribution is 7.98. The van der Waals surface area contributed by atoms with Gasteiger partial charge in [-0.05, 0) is 25.3 Å². The van der Waals surface area contributed by atoms with Crippen LogP contribution in [0.5, 0.6) is 0 Å². The number of benzene rings is 1. The third-order valence-corrected chi connectivity index (χ3v) is 3.74. The summed E-state index contributed by atoms with van der Waals surface area (Å²) in [4.78, 5) is 23.6. The Morgan fingerprint density at radius 3 is 2.86 bits per heavy atom. The standard InChI is InChI=1S/C13H14N4O3S/c1-8(9-6-14-15-7-9)16-13(18)11-5-10(21-2)3-4-12(11)17(19)20/h3-8H,1-2H3,(H,14,15)(H,16,18). The number of H-pyrrole nitrogens is 1. The van der Waals surface area contributed by atoms with Gasteiger partial charge in [0.1, 0.15) is 5.56 Å². The van der Waals surface area contributed by atoms with Crippen LogP contribution in [0.4, 0.5) is 5.69 Å². The Morgan fingerprint density at radius 2 is 2.29 bits per heavy atom. The van der Waals surface area contributed by atoms with E-state index in [4.69, 9.17) is 0 Å². The predicted octanol–water partition coefficient (Wildman–Crippen LogP) is 2.53. The number of hydrogen-bond donors (Lipinski definition) is 2. The summed E-state index contributed by atoms with van der Waals surface area (Å²) in [6, 6.07) is 4.21. The Balaban J connectivity index is 2.27. The van der Waals surface area contributed by atoms with Gasteiger partial charge in [0, 0.05) is 22.7 Å². The second-order valence-electron chi connectivity index (χ2n) is 4.37. The van der Waals surface area contributed by atoms with Crippen molar-refractivity contribution in [3.05, 3.63) is 51.8 Å². The van der Waals surface area contributed by atoms with Gasteiger partial charge in [-0.3, -0.25) is 20.0 Å². The summed E-state index contributed by atoms with van der Waals surface area (Å²) in [7, 11) is 0. The lowest BCUT2D eigenvalue weighted by Crippen LogP contribution is -2.27. The Morgan fingerprint density at radius 1 is 1.52 bits per heavy atom. The lowest BCUT2D eigenvalue weighted by atomic mass is 10.1. The smallest absolute Gasteiger partial charge is 0.282 e. The molecule has 0 saturated heterocycles. The van der Waals surface area contributed by atoms with Crippen molar-refractivity contribution in [3.63, 3.8) is 0 Å². The largest absolute Gasteiger partial charge is 0.345 e. The molecule has 1 aromatic carbocycles. The topological polar surface area (TPSA) is 101 Å². The lowest BCUT2D eigenvalue weighted by molar-refractivity contribution is -0.385. The lowest BCUT2D eigenvalue weighted by Gasteiger charge is -2.12. The number of carbonyl (C=O) groups excluding carboxylic acids is 1. The number of hydrogen-bond acceptors (Lipinski definition) is 5. The molecule has 0 saturated carbocycles. The zero-order valence-electron chi connectivity index (χ0n) is 11.5. The van der Waals surface area contributed by atoms with Crippen LogP contribution < -0.4 is 5.32 Å². The Labute approximate surface area is 125 Å². The molecular weight excluding hydrogens is 292 g/mol. The molecule has 2 aromatic rings. The van der Waals surface area contributed by atoms with E-state index in [1.165, 1.54) is 23.9 Å². The fraction of sp³-hybridized carbons (Fsp3) is 0.231. The zero-order chi connectivity index (χ0) is 15.4. The summed E-state index contributed by atoms with van der Waals surface area (Å²) in [5.41, 5.74) is 0.652. The van der Waals surface area contributed by atoms with Gasteiger partial charge >= 0.3 is 0 Å². The van der Waals surface area contributed by atoms with Crippen LogP contribution >= 0.6 is 11.8 Å². The van der Waals surface area contributed by atoms with Gasteiger partial charge in [0.05, 0.1) is 17.2 Å². The molecule has 1 atom stereocenters. The van der Waals surface area contributed by atoms with E-state index in [1.54, 1.807) is 25.4 Å². The van der Waals surface area contributed by atoms with Crippen molar-refractivity contribution >= 4 is 23.4 Å². The zero-order valence-corrected chi connectivity index (χ0v) is 12.3. The molecule has 8 heteroatoms. The third-order valence-electron chi connectivity index (χ3n) is 3.01. The molecule has 0 aliphatic carbocycles. The SMILES string of the molecule is CSc1ccc([N+](=O)[O-])c(C(=O)NC(C)c2cn[nH]c2)c1. The number of rotatable bonds is 5. The van der Waals surface area contributed by atoms with Gasteiger partial charge in [0.25, 0.3) is 11.6 Å². The summed E-state index contributed by atoms with van der Waals surface area (Å²) in [5, 5.41) is 20.2. The maximum Gasteiger partial charge on any atom is 0.282 e. The first-order valence-electron chi connectivity index (χ1n) is 6.15. The number of thioether (sulfide) groups is 1. The fourth-order valence-corrected chi connectivity index (χ4v) is 2.28. The molecule has 0 aliphatic rings. The van der Waals surface area contributed by atoms with E-state index in [0.717, 1.165) is 10.5 Å². The van der Waals surface area contributed by atoms with Gasteiger partial charge in [-0.1, -0.05) is 0 Å². The van der Waals surface area contributed by atoms with Crippen LogP contribution in [0.2, 0.25) is 0 Å². The van der Waals surface area contributed by atoms with Gasteiger partial charge < -0.3 is 5.32 Å². The number of carbonyl (C=O) groups is 1. The minimum absolute atomic E-state index is 0.0576. The van der Waals surface area contributed by atoms with E-state index >= 15 is 0 Å². The van der Waals surface area contributed by atoms with Gasteiger partial charge in [-0.15, -0.1) is 11.8 Å². The summed E-state index contributed by atoms with van der Waals surface area (Å²) >= 11 is 1.42. The molecule has 1 heterocycles. The molecule has 0 radical (unpaired) electrons. The van der Waals surface area contributed by atoms with E-state index in [-0.39, 0.29) is 17.3 Å². The van der Waals surface area contributed by atoms with E-state index in [1.807, 2.05) is 6.26 Å². The Kier molecular flexibility index (Phi) is 4.59. The average molecular weight is 306 g/mol. The van der Waals surface area contributed by atoms with Gasteiger partial charge in [-0.25, -0.2) is 0 Å². The van der Waals surface area contributed by atoms with E-state index in [0.29, 0.717) is 0 Å². The summed E-state index contributed by atoms with van der Waals surface area (Å²) < 4.78 is 0. The van der Waals surface area contributed by atoms with Crippen LogP contribution in [0.25, 0.3) is 0 Å². The van der Waals surface area contributed by atoms with E-state index < -0.39 is 10.8 Å². The molecule has 7 nitrogen and oxygen atoms in total. The normalized spacial score (nSPS) is 11.9. The highest BCUT2D eigenvalue weighted by atomic mass is 32.2. The van der Waals surface area contributed by atoms with Crippen LogP contribution in [0.3, 0.4) is 0 Å². The predicted molar refractivity (Wildman–Crippen MR) is 79.3 cm³/mol. The molecule has 0 bridgehead atoms. The van der Waals surface area contributed by atoms with E-state index in [2.05, 4.69) is 15.5 Å². The van der Waals surface area contributed by atoms with Crippen molar-refractivity contribution in [3.8, 4) is 0 Å². The van der Waals surface area contributed by atoms with Crippen molar-refractivity contribution in [1.82, 2.24) is 15.5 Å². The summed E-state index contributed by atoms with van der Waals surface area (Å²) in [5.74, 6) is -0.480. The van der Waals surface area contributed by atoms with Crippen LogP contribution in [0.15, 0.2) is 35.5 Å². The maximum atomic E-state index is 12.3. The quantitative estimate of drug-likeness (QED) is 0.502. The van der Waals surface area contributed by atoms with Crippen LogP contribution in [0.1, 0.15) is 28.9 Å². The average Bonchev–Trinajstić information content (AvgIpc) is 3.00.